The van der Waals surface area contributed by atoms with Crippen molar-refractivity contribution in [3.63, 3.8) is 0 Å². The summed E-state index contributed by atoms with van der Waals surface area (Å²) >= 11 is 1.72. The Labute approximate surface area is 66.1 Å². The van der Waals surface area contributed by atoms with E-state index in [4.69, 9.17) is 4.74 Å². The first kappa shape index (κ1) is 7.92. The molecule has 0 bridgehead atoms. The molecule has 1 aliphatic heterocycles. The van der Waals surface area contributed by atoms with E-state index in [1.165, 1.54) is 0 Å². The number of hydrogen-bond acceptors (Lipinski definition) is 3. The first-order valence-corrected chi connectivity index (χ1v) is 4.65. The normalized spacial score (nSPS) is 29.0. The molecule has 0 aromatic rings. The van der Waals surface area contributed by atoms with Gasteiger partial charge in [-0.2, -0.15) is 0 Å². The van der Waals surface area contributed by atoms with Crippen LogP contribution in [-0.2, 0) is 4.74 Å². The molecule has 1 rings (SSSR count). The Morgan fingerprint density at radius 2 is 2.60 bits per heavy atom. The third kappa shape index (κ3) is 2.21. The highest BCUT2D eigenvalue weighted by Crippen LogP contribution is 2.19. The van der Waals surface area contributed by atoms with Crippen molar-refractivity contribution in [1.29, 1.82) is 0 Å². The van der Waals surface area contributed by atoms with Crippen LogP contribution >= 0.6 is 11.8 Å². The van der Waals surface area contributed by atoms with E-state index in [9.17, 15) is 0 Å². The van der Waals surface area contributed by atoms with Gasteiger partial charge in [0.25, 0.3) is 0 Å². The van der Waals surface area contributed by atoms with Crippen LogP contribution in [-0.4, -0.2) is 23.6 Å². The lowest BCUT2D eigenvalue weighted by Gasteiger charge is -1.99. The van der Waals surface area contributed by atoms with Crippen LogP contribution in [0.3, 0.4) is 0 Å². The van der Waals surface area contributed by atoms with Gasteiger partial charge in [0.05, 0.1) is 0 Å². The Morgan fingerprint density at radius 3 is 3.10 bits per heavy atom. The van der Waals surface area contributed by atoms with E-state index in [0.29, 0.717) is 6.10 Å². The highest BCUT2D eigenvalue weighted by Gasteiger charge is 2.17. The summed E-state index contributed by atoms with van der Waals surface area (Å²) in [6.45, 7) is 5.09. The van der Waals surface area contributed by atoms with E-state index in [0.717, 1.165) is 23.9 Å². The number of aliphatic imine (C=N–C) groups is 1. The van der Waals surface area contributed by atoms with Crippen molar-refractivity contribution in [2.45, 2.75) is 26.4 Å². The lowest BCUT2D eigenvalue weighted by atomic mass is 10.5. The topological polar surface area (TPSA) is 21.6 Å². The standard InChI is InChI=1S/C7H13NOS/c1-3-4-8-7-9-6(2)5-10-7/h6H,3-5H2,1-2H3. The second-order valence-corrected chi connectivity index (χ2v) is 3.36. The van der Waals surface area contributed by atoms with Gasteiger partial charge in [-0.1, -0.05) is 18.7 Å². The van der Waals surface area contributed by atoms with Crippen LogP contribution in [0.1, 0.15) is 20.3 Å². The van der Waals surface area contributed by atoms with Gasteiger partial charge in [0.15, 0.2) is 0 Å². The minimum Gasteiger partial charge on any atom is -0.469 e. The maximum absolute atomic E-state index is 5.38. The Kier molecular flexibility index (Phi) is 3.06. The van der Waals surface area contributed by atoms with Crippen molar-refractivity contribution in [3.8, 4) is 0 Å². The zero-order valence-corrected chi connectivity index (χ0v) is 7.28. The Balaban J connectivity index is 2.29. The van der Waals surface area contributed by atoms with Crippen molar-refractivity contribution in [2.24, 2.45) is 4.99 Å². The molecule has 0 aliphatic carbocycles. The predicted octanol–water partition coefficient (Wildman–Crippen LogP) is 1.90. The number of rotatable bonds is 2. The average molecular weight is 159 g/mol. The predicted molar refractivity (Wildman–Crippen MR) is 45.6 cm³/mol. The van der Waals surface area contributed by atoms with Gasteiger partial charge in [0.2, 0.25) is 5.23 Å². The van der Waals surface area contributed by atoms with Gasteiger partial charge >= 0.3 is 0 Å². The molecule has 0 radical (unpaired) electrons. The molecule has 0 amide bonds. The first-order chi connectivity index (χ1) is 4.83. The summed E-state index contributed by atoms with van der Waals surface area (Å²) in [5.74, 6) is 1.06. The molecular weight excluding hydrogens is 146 g/mol. The van der Waals surface area contributed by atoms with E-state index < -0.39 is 0 Å². The molecule has 0 N–H and O–H groups in total. The maximum atomic E-state index is 5.38. The van der Waals surface area contributed by atoms with Gasteiger partial charge in [-0.25, -0.2) is 4.99 Å². The second-order valence-electron chi connectivity index (χ2n) is 2.39. The van der Waals surface area contributed by atoms with Gasteiger partial charge in [-0.05, 0) is 13.3 Å². The number of hydrogen-bond donors (Lipinski definition) is 0. The molecule has 58 valence electrons. The molecule has 1 fully saturated rings. The minimum absolute atomic E-state index is 0.362. The zero-order valence-electron chi connectivity index (χ0n) is 6.46. The van der Waals surface area contributed by atoms with Gasteiger partial charge in [-0.15, -0.1) is 0 Å². The summed E-state index contributed by atoms with van der Waals surface area (Å²) in [6, 6.07) is 0. The zero-order chi connectivity index (χ0) is 7.40. The number of ether oxygens (including phenoxy) is 1. The van der Waals surface area contributed by atoms with Crippen LogP contribution in [0, 0.1) is 0 Å². The maximum Gasteiger partial charge on any atom is 0.246 e. The lowest BCUT2D eigenvalue weighted by Crippen LogP contribution is -2.02. The largest absolute Gasteiger partial charge is 0.469 e. The molecular formula is C7H13NOS. The van der Waals surface area contributed by atoms with E-state index in [1.54, 1.807) is 11.8 Å². The van der Waals surface area contributed by atoms with Gasteiger partial charge in [-0.3, -0.25) is 0 Å². The Morgan fingerprint density at radius 1 is 1.80 bits per heavy atom. The third-order valence-corrected chi connectivity index (χ3v) is 2.32. The minimum atomic E-state index is 0.362. The summed E-state index contributed by atoms with van der Waals surface area (Å²) in [4.78, 5) is 4.25. The highest BCUT2D eigenvalue weighted by molar-refractivity contribution is 8.13. The summed E-state index contributed by atoms with van der Waals surface area (Å²) in [5, 5.41) is 0.884. The van der Waals surface area contributed by atoms with Gasteiger partial charge in [0.1, 0.15) is 6.10 Å². The smallest absolute Gasteiger partial charge is 0.246 e. The second kappa shape index (κ2) is 3.86. The van der Waals surface area contributed by atoms with Crippen LogP contribution in [0.4, 0.5) is 0 Å². The van der Waals surface area contributed by atoms with Crippen LogP contribution in [0.15, 0.2) is 4.99 Å². The fourth-order valence-electron chi connectivity index (χ4n) is 0.715. The van der Waals surface area contributed by atoms with Crippen molar-refractivity contribution >= 4 is 17.0 Å². The van der Waals surface area contributed by atoms with Crippen LogP contribution in [0.2, 0.25) is 0 Å². The number of thioether (sulfide) groups is 1. The van der Waals surface area contributed by atoms with Crippen LogP contribution < -0.4 is 0 Å². The lowest BCUT2D eigenvalue weighted by molar-refractivity contribution is 0.251. The first-order valence-electron chi connectivity index (χ1n) is 3.67. The molecule has 0 aromatic heterocycles. The van der Waals surface area contributed by atoms with Crippen molar-refractivity contribution in [1.82, 2.24) is 0 Å². The van der Waals surface area contributed by atoms with E-state index >= 15 is 0 Å². The van der Waals surface area contributed by atoms with Crippen molar-refractivity contribution < 1.29 is 4.74 Å². The molecule has 1 unspecified atom stereocenters. The molecule has 10 heavy (non-hydrogen) atoms. The molecule has 0 spiro atoms. The molecule has 1 saturated heterocycles. The van der Waals surface area contributed by atoms with Gasteiger partial charge < -0.3 is 4.74 Å². The van der Waals surface area contributed by atoms with E-state index in [1.807, 2.05) is 0 Å². The van der Waals surface area contributed by atoms with Crippen LogP contribution in [0.25, 0.3) is 0 Å². The fourth-order valence-corrected chi connectivity index (χ4v) is 1.57. The third-order valence-electron chi connectivity index (χ3n) is 1.21. The monoisotopic (exact) mass is 159 g/mol. The Bertz CT molecular complexity index is 136. The molecule has 0 aromatic carbocycles. The Hall–Kier alpha value is -0.180. The van der Waals surface area contributed by atoms with E-state index in [2.05, 4.69) is 18.8 Å². The van der Waals surface area contributed by atoms with Gasteiger partial charge in [0, 0.05) is 12.3 Å². The van der Waals surface area contributed by atoms with Crippen molar-refractivity contribution in [2.75, 3.05) is 12.3 Å². The molecule has 1 atom stereocenters. The van der Waals surface area contributed by atoms with Crippen LogP contribution in [0.5, 0.6) is 0 Å². The molecule has 2 nitrogen and oxygen atoms in total. The summed E-state index contributed by atoms with van der Waals surface area (Å²) in [7, 11) is 0. The highest BCUT2D eigenvalue weighted by atomic mass is 32.2. The summed E-state index contributed by atoms with van der Waals surface area (Å²) in [5.41, 5.74) is 0. The fraction of sp³-hybridized carbons (Fsp3) is 0.857. The molecule has 1 aliphatic rings. The summed E-state index contributed by atoms with van der Waals surface area (Å²) < 4.78 is 5.38. The van der Waals surface area contributed by atoms with Crippen molar-refractivity contribution in [3.05, 3.63) is 0 Å². The van der Waals surface area contributed by atoms with E-state index in [-0.39, 0.29) is 0 Å². The summed E-state index contributed by atoms with van der Waals surface area (Å²) in [6.07, 6.45) is 1.46. The molecule has 3 heteroatoms. The average Bonchev–Trinajstić information content (AvgIpc) is 2.31. The quantitative estimate of drug-likeness (QED) is 0.614. The SMILES string of the molecule is CCCN=C1OC(C)CS1. The molecule has 1 heterocycles. The number of nitrogens with zero attached hydrogens (tertiary/aromatic N) is 1. The molecule has 0 saturated carbocycles.